The molecule has 0 aromatic heterocycles. The number of carboxylic acids is 1. The largest absolute Gasteiger partial charge is 0.481 e. The van der Waals surface area contributed by atoms with Crippen molar-refractivity contribution in [1.29, 1.82) is 0 Å². The van der Waals surface area contributed by atoms with Gasteiger partial charge in [0.25, 0.3) is 0 Å². The first-order chi connectivity index (χ1) is 8.24. The number of rotatable bonds is 5. The zero-order valence-corrected chi connectivity index (χ0v) is 10.3. The van der Waals surface area contributed by atoms with E-state index in [1.54, 1.807) is 13.8 Å². The van der Waals surface area contributed by atoms with Gasteiger partial charge < -0.3 is 10.2 Å². The monoisotopic (exact) mass is 258 g/mol. The van der Waals surface area contributed by atoms with Gasteiger partial charge in [-0.1, -0.05) is 13.8 Å². The average molecular weight is 258 g/mol. The molecule has 0 aliphatic carbocycles. The van der Waals surface area contributed by atoms with Crippen LogP contribution in [0.3, 0.4) is 0 Å². The van der Waals surface area contributed by atoms with E-state index in [0.717, 1.165) is 18.2 Å². The van der Waals surface area contributed by atoms with Gasteiger partial charge in [0.2, 0.25) is 0 Å². The number of benzene rings is 1. The van der Waals surface area contributed by atoms with Gasteiger partial charge in [0, 0.05) is 5.56 Å². The van der Waals surface area contributed by atoms with Crippen molar-refractivity contribution in [3.05, 3.63) is 35.4 Å². The number of aliphatic hydroxyl groups is 1. The summed E-state index contributed by atoms with van der Waals surface area (Å²) in [6, 6.07) is 2.66. The molecule has 1 atom stereocenters. The molecule has 1 aromatic rings. The smallest absolute Gasteiger partial charge is 0.306 e. The first-order valence-electron chi connectivity index (χ1n) is 5.64. The van der Waals surface area contributed by atoms with Gasteiger partial charge in [-0.15, -0.1) is 0 Å². The van der Waals surface area contributed by atoms with Crippen LogP contribution in [0, 0.1) is 17.6 Å². The third kappa shape index (κ3) is 3.50. The summed E-state index contributed by atoms with van der Waals surface area (Å²) >= 11 is 0. The van der Waals surface area contributed by atoms with Crippen molar-refractivity contribution in [3.8, 4) is 0 Å². The Labute approximate surface area is 104 Å². The lowest BCUT2D eigenvalue weighted by atomic mass is 9.83. The summed E-state index contributed by atoms with van der Waals surface area (Å²) in [6.07, 6.45) is -0.620. The van der Waals surface area contributed by atoms with Crippen molar-refractivity contribution in [1.82, 2.24) is 0 Å². The summed E-state index contributed by atoms with van der Waals surface area (Å²) in [7, 11) is 0. The number of halogens is 2. The molecule has 0 saturated carbocycles. The van der Waals surface area contributed by atoms with Gasteiger partial charge in [-0.05, 0) is 30.5 Å². The summed E-state index contributed by atoms with van der Waals surface area (Å²) in [6.45, 7) is 3.54. The molecule has 2 N–H and O–H groups in total. The summed E-state index contributed by atoms with van der Waals surface area (Å²) in [5, 5.41) is 19.1. The Morgan fingerprint density at radius 1 is 1.39 bits per heavy atom. The fraction of sp³-hybridized carbons (Fsp3) is 0.462. The topological polar surface area (TPSA) is 57.5 Å². The summed E-state index contributed by atoms with van der Waals surface area (Å²) in [5.41, 5.74) is -2.20. The van der Waals surface area contributed by atoms with Crippen LogP contribution < -0.4 is 0 Å². The fourth-order valence-corrected chi connectivity index (χ4v) is 2.06. The van der Waals surface area contributed by atoms with Crippen molar-refractivity contribution < 1.29 is 23.8 Å². The Hall–Kier alpha value is -1.49. The third-order valence-corrected chi connectivity index (χ3v) is 2.62. The minimum absolute atomic E-state index is 0.0413. The van der Waals surface area contributed by atoms with Crippen LogP contribution in [0.2, 0.25) is 0 Å². The highest BCUT2D eigenvalue weighted by molar-refractivity contribution is 5.68. The molecular formula is C13H16F2O3. The van der Waals surface area contributed by atoms with Gasteiger partial charge >= 0.3 is 5.97 Å². The highest BCUT2D eigenvalue weighted by Gasteiger charge is 2.35. The number of hydrogen-bond donors (Lipinski definition) is 2. The Bertz CT molecular complexity index is 446. The second-order valence-electron chi connectivity index (χ2n) is 4.82. The molecule has 1 aromatic carbocycles. The van der Waals surface area contributed by atoms with E-state index in [0.29, 0.717) is 0 Å². The zero-order valence-electron chi connectivity index (χ0n) is 10.3. The van der Waals surface area contributed by atoms with E-state index in [1.165, 1.54) is 0 Å². The van der Waals surface area contributed by atoms with Crippen LogP contribution in [0.1, 0.15) is 32.3 Å². The van der Waals surface area contributed by atoms with Crippen LogP contribution in [0.5, 0.6) is 0 Å². The minimum atomic E-state index is -1.90. The van der Waals surface area contributed by atoms with Crippen LogP contribution in [0.15, 0.2) is 18.2 Å². The molecule has 5 heteroatoms. The van der Waals surface area contributed by atoms with Gasteiger partial charge in [0.15, 0.2) is 0 Å². The van der Waals surface area contributed by atoms with E-state index in [2.05, 4.69) is 0 Å². The molecular weight excluding hydrogens is 242 g/mol. The first-order valence-corrected chi connectivity index (χ1v) is 5.64. The van der Waals surface area contributed by atoms with E-state index in [9.17, 15) is 18.7 Å². The van der Waals surface area contributed by atoms with E-state index in [-0.39, 0.29) is 17.9 Å². The maximum absolute atomic E-state index is 13.6. The van der Waals surface area contributed by atoms with Crippen molar-refractivity contribution in [2.45, 2.75) is 32.3 Å². The Balaban J connectivity index is 3.23. The molecule has 0 spiro atoms. The number of aliphatic carboxylic acids is 1. The van der Waals surface area contributed by atoms with Gasteiger partial charge in [-0.3, -0.25) is 4.79 Å². The van der Waals surface area contributed by atoms with E-state index < -0.39 is 29.6 Å². The Morgan fingerprint density at radius 2 is 2.00 bits per heavy atom. The van der Waals surface area contributed by atoms with Gasteiger partial charge in [0.1, 0.15) is 17.2 Å². The molecule has 3 nitrogen and oxygen atoms in total. The molecule has 0 radical (unpaired) electrons. The molecule has 0 bridgehead atoms. The minimum Gasteiger partial charge on any atom is -0.481 e. The quantitative estimate of drug-likeness (QED) is 0.853. The summed E-state index contributed by atoms with van der Waals surface area (Å²) < 4.78 is 26.8. The zero-order chi connectivity index (χ0) is 13.9. The highest BCUT2D eigenvalue weighted by Crippen LogP contribution is 2.34. The molecule has 0 heterocycles. The Kier molecular flexibility index (Phi) is 4.40. The van der Waals surface area contributed by atoms with Crippen molar-refractivity contribution in [2.75, 3.05) is 0 Å². The normalized spacial score (nSPS) is 14.6. The lowest BCUT2D eigenvalue weighted by molar-refractivity contribution is -0.143. The predicted molar refractivity (Wildman–Crippen MR) is 62.0 cm³/mol. The van der Waals surface area contributed by atoms with Crippen LogP contribution in [-0.2, 0) is 10.4 Å². The van der Waals surface area contributed by atoms with E-state index in [1.807, 2.05) is 0 Å². The summed E-state index contributed by atoms with van der Waals surface area (Å²) in [4.78, 5) is 10.8. The van der Waals surface area contributed by atoms with Gasteiger partial charge in [0.05, 0.1) is 6.42 Å². The Morgan fingerprint density at radius 3 is 2.50 bits per heavy atom. The molecule has 1 rings (SSSR count). The van der Waals surface area contributed by atoms with Crippen molar-refractivity contribution in [2.24, 2.45) is 5.92 Å². The second-order valence-corrected chi connectivity index (χ2v) is 4.82. The maximum atomic E-state index is 13.6. The van der Waals surface area contributed by atoms with Crippen LogP contribution >= 0.6 is 0 Å². The first kappa shape index (κ1) is 14.6. The van der Waals surface area contributed by atoms with Crippen LogP contribution in [0.25, 0.3) is 0 Å². The standard InChI is InChI=1S/C13H16F2O3/c1-8(2)6-13(18,7-12(16)17)10-5-9(14)3-4-11(10)15/h3-5,8,18H,6-7H2,1-2H3,(H,16,17). The number of carbonyl (C=O) groups is 1. The lowest BCUT2D eigenvalue weighted by Gasteiger charge is -2.29. The predicted octanol–water partition coefficient (Wildman–Crippen LogP) is 2.67. The molecule has 0 aliphatic heterocycles. The maximum Gasteiger partial charge on any atom is 0.306 e. The van der Waals surface area contributed by atoms with E-state index >= 15 is 0 Å². The molecule has 1 unspecified atom stereocenters. The molecule has 0 fully saturated rings. The second kappa shape index (κ2) is 5.44. The molecule has 0 aliphatic rings. The van der Waals surface area contributed by atoms with Crippen LogP contribution in [-0.4, -0.2) is 16.2 Å². The molecule has 100 valence electrons. The van der Waals surface area contributed by atoms with E-state index in [4.69, 9.17) is 5.11 Å². The highest BCUT2D eigenvalue weighted by atomic mass is 19.1. The van der Waals surface area contributed by atoms with Gasteiger partial charge in [-0.2, -0.15) is 0 Å². The average Bonchev–Trinajstić information content (AvgIpc) is 2.19. The van der Waals surface area contributed by atoms with Gasteiger partial charge in [-0.25, -0.2) is 8.78 Å². The molecule has 0 amide bonds. The summed E-state index contributed by atoms with van der Waals surface area (Å²) in [5.74, 6) is -2.83. The van der Waals surface area contributed by atoms with Crippen molar-refractivity contribution in [3.63, 3.8) is 0 Å². The molecule has 18 heavy (non-hydrogen) atoms. The van der Waals surface area contributed by atoms with Crippen molar-refractivity contribution >= 4 is 5.97 Å². The fourth-order valence-electron chi connectivity index (χ4n) is 2.06. The number of carboxylic acid groups (broad SMARTS) is 1. The third-order valence-electron chi connectivity index (χ3n) is 2.62. The number of hydrogen-bond acceptors (Lipinski definition) is 2. The van der Waals surface area contributed by atoms with Crippen LogP contribution in [0.4, 0.5) is 8.78 Å². The molecule has 0 saturated heterocycles. The lowest BCUT2D eigenvalue weighted by Crippen LogP contribution is -2.32. The SMILES string of the molecule is CC(C)CC(O)(CC(=O)O)c1cc(F)ccc1F.